The fourth-order valence-corrected chi connectivity index (χ4v) is 2.15. The molecule has 1 aromatic carbocycles. The molecule has 0 bridgehead atoms. The lowest BCUT2D eigenvalue weighted by Gasteiger charge is -2.13. The van der Waals surface area contributed by atoms with Crippen molar-refractivity contribution in [2.45, 2.75) is 20.1 Å². The van der Waals surface area contributed by atoms with Gasteiger partial charge in [0.15, 0.2) is 11.5 Å². The van der Waals surface area contributed by atoms with Gasteiger partial charge in [0, 0.05) is 18.0 Å². The maximum Gasteiger partial charge on any atom is 0.387 e. The van der Waals surface area contributed by atoms with E-state index in [4.69, 9.17) is 4.74 Å². The minimum atomic E-state index is -2.95. The van der Waals surface area contributed by atoms with Gasteiger partial charge in [-0.1, -0.05) is 0 Å². The highest BCUT2D eigenvalue weighted by Crippen LogP contribution is 2.31. The van der Waals surface area contributed by atoms with Crippen molar-refractivity contribution in [2.75, 3.05) is 11.9 Å². The lowest BCUT2D eigenvalue weighted by atomic mass is 10.2. The van der Waals surface area contributed by atoms with Crippen LogP contribution in [-0.4, -0.2) is 28.9 Å². The molecule has 0 unspecified atom stereocenters. The highest BCUT2D eigenvalue weighted by molar-refractivity contribution is 9.10. The Kier molecular flexibility index (Phi) is 5.91. The molecule has 0 spiro atoms. The van der Waals surface area contributed by atoms with Crippen LogP contribution in [0.4, 0.5) is 14.5 Å². The third kappa shape index (κ3) is 5.20. The number of halogens is 3. The molecule has 23 heavy (non-hydrogen) atoms. The second-order valence-corrected chi connectivity index (χ2v) is 5.29. The van der Waals surface area contributed by atoms with Gasteiger partial charge in [-0.05, 0) is 35.0 Å². The van der Waals surface area contributed by atoms with Crippen LogP contribution in [0.5, 0.6) is 11.5 Å². The normalized spacial score (nSPS) is 10.7. The predicted octanol–water partition coefficient (Wildman–Crippen LogP) is 3.28. The first kappa shape index (κ1) is 17.2. The maximum atomic E-state index is 12.3. The van der Waals surface area contributed by atoms with Gasteiger partial charge in [0.1, 0.15) is 6.54 Å². The molecule has 0 saturated carbocycles. The van der Waals surface area contributed by atoms with Crippen LogP contribution >= 0.6 is 15.9 Å². The Hall–Kier alpha value is -2.16. The molecule has 2 rings (SSSR count). The lowest BCUT2D eigenvalue weighted by molar-refractivity contribution is -0.116. The first-order valence-electron chi connectivity index (χ1n) is 6.67. The second kappa shape index (κ2) is 7.91. The Labute approximate surface area is 139 Å². The molecule has 2 aromatic rings. The number of alkyl halides is 2. The molecule has 1 N–H and O–H groups in total. The van der Waals surface area contributed by atoms with Crippen LogP contribution in [0.25, 0.3) is 0 Å². The third-order valence-electron chi connectivity index (χ3n) is 2.65. The van der Waals surface area contributed by atoms with E-state index >= 15 is 0 Å². The highest BCUT2D eigenvalue weighted by Gasteiger charge is 2.13. The average Bonchev–Trinajstić information content (AvgIpc) is 2.86. The molecule has 6 nitrogen and oxygen atoms in total. The molecule has 0 aliphatic carbocycles. The van der Waals surface area contributed by atoms with E-state index in [9.17, 15) is 13.6 Å². The summed E-state index contributed by atoms with van der Waals surface area (Å²) in [7, 11) is 0. The largest absolute Gasteiger partial charge is 0.490 e. The van der Waals surface area contributed by atoms with Crippen molar-refractivity contribution in [3.63, 3.8) is 0 Å². The number of benzene rings is 1. The van der Waals surface area contributed by atoms with Gasteiger partial charge in [-0.15, -0.1) is 0 Å². The molecule has 1 amide bonds. The molecule has 0 aliphatic rings. The quantitative estimate of drug-likeness (QED) is 0.788. The number of aromatic nitrogens is 2. The van der Waals surface area contributed by atoms with E-state index in [0.717, 1.165) is 4.47 Å². The van der Waals surface area contributed by atoms with Crippen molar-refractivity contribution < 1.29 is 23.0 Å². The first-order valence-corrected chi connectivity index (χ1v) is 7.46. The van der Waals surface area contributed by atoms with Gasteiger partial charge >= 0.3 is 6.61 Å². The van der Waals surface area contributed by atoms with E-state index in [2.05, 4.69) is 31.1 Å². The number of ether oxygens (including phenoxy) is 2. The fraction of sp³-hybridized carbons (Fsp3) is 0.286. The SMILES string of the molecule is CCOc1cc(NC(=O)Cn2cc(Br)cn2)ccc1OC(F)F. The molecule has 0 radical (unpaired) electrons. The molecule has 0 atom stereocenters. The van der Waals surface area contributed by atoms with Crippen molar-refractivity contribution in [2.24, 2.45) is 0 Å². The van der Waals surface area contributed by atoms with Crippen LogP contribution in [-0.2, 0) is 11.3 Å². The standard InChI is InChI=1S/C14H14BrF2N3O3/c1-2-22-12-5-10(3-4-11(12)23-14(16)17)19-13(21)8-20-7-9(15)6-18-20/h3-7,14H,2,8H2,1H3,(H,19,21). The van der Waals surface area contributed by atoms with Crippen molar-refractivity contribution in [1.29, 1.82) is 0 Å². The number of carbonyl (C=O) groups is 1. The van der Waals surface area contributed by atoms with Gasteiger partial charge in [-0.3, -0.25) is 9.48 Å². The smallest absolute Gasteiger partial charge is 0.387 e. The minimum absolute atomic E-state index is 0.0187. The molecule has 9 heteroatoms. The van der Waals surface area contributed by atoms with Gasteiger partial charge in [-0.2, -0.15) is 13.9 Å². The van der Waals surface area contributed by atoms with Crippen molar-refractivity contribution in [3.05, 3.63) is 35.1 Å². The number of nitrogens with zero attached hydrogens (tertiary/aromatic N) is 2. The van der Waals surface area contributed by atoms with E-state index in [1.807, 2.05) is 0 Å². The zero-order valence-corrected chi connectivity index (χ0v) is 13.7. The number of carbonyl (C=O) groups excluding carboxylic acids is 1. The summed E-state index contributed by atoms with van der Waals surface area (Å²) in [4.78, 5) is 11.9. The first-order chi connectivity index (χ1) is 11.0. The van der Waals surface area contributed by atoms with E-state index in [0.29, 0.717) is 5.69 Å². The van der Waals surface area contributed by atoms with Gasteiger partial charge in [0.2, 0.25) is 5.91 Å². The Balaban J connectivity index is 2.06. The summed E-state index contributed by atoms with van der Waals surface area (Å²) in [5, 5.41) is 6.61. The van der Waals surface area contributed by atoms with Crippen LogP contribution < -0.4 is 14.8 Å². The van der Waals surface area contributed by atoms with Crippen molar-refractivity contribution >= 4 is 27.5 Å². The number of hydrogen-bond acceptors (Lipinski definition) is 4. The topological polar surface area (TPSA) is 65.4 Å². The Morgan fingerprint density at radius 1 is 1.43 bits per heavy atom. The summed E-state index contributed by atoms with van der Waals surface area (Å²) in [5.74, 6) is -0.270. The van der Waals surface area contributed by atoms with E-state index in [1.165, 1.54) is 22.9 Å². The minimum Gasteiger partial charge on any atom is -0.490 e. The van der Waals surface area contributed by atoms with Crippen LogP contribution in [0.1, 0.15) is 6.92 Å². The van der Waals surface area contributed by atoms with Gasteiger partial charge in [0.25, 0.3) is 0 Å². The molecular formula is C14H14BrF2N3O3. The Morgan fingerprint density at radius 3 is 2.83 bits per heavy atom. The number of amides is 1. The Morgan fingerprint density at radius 2 is 2.22 bits per heavy atom. The van der Waals surface area contributed by atoms with Gasteiger partial charge in [-0.25, -0.2) is 0 Å². The van der Waals surface area contributed by atoms with Gasteiger partial charge < -0.3 is 14.8 Å². The number of anilines is 1. The lowest BCUT2D eigenvalue weighted by Crippen LogP contribution is -2.19. The van der Waals surface area contributed by atoms with Crippen LogP contribution in [0.2, 0.25) is 0 Å². The third-order valence-corrected chi connectivity index (χ3v) is 3.06. The molecule has 124 valence electrons. The van der Waals surface area contributed by atoms with Crippen molar-refractivity contribution in [1.82, 2.24) is 9.78 Å². The fourth-order valence-electron chi connectivity index (χ4n) is 1.82. The Bertz CT molecular complexity index is 679. The summed E-state index contributed by atoms with van der Waals surface area (Å²) < 4.78 is 36.5. The van der Waals surface area contributed by atoms with Crippen molar-refractivity contribution in [3.8, 4) is 11.5 Å². The molecule has 1 heterocycles. The number of nitrogens with one attached hydrogen (secondary N) is 1. The molecule has 1 aromatic heterocycles. The summed E-state index contributed by atoms with van der Waals surface area (Å²) in [6.45, 7) is -0.941. The monoisotopic (exact) mass is 389 g/mol. The highest BCUT2D eigenvalue weighted by atomic mass is 79.9. The summed E-state index contributed by atoms with van der Waals surface area (Å²) in [6.07, 6.45) is 3.22. The van der Waals surface area contributed by atoms with Gasteiger partial charge in [0.05, 0.1) is 17.3 Å². The predicted molar refractivity (Wildman–Crippen MR) is 82.8 cm³/mol. The molecule has 0 aliphatic heterocycles. The zero-order valence-electron chi connectivity index (χ0n) is 12.1. The zero-order chi connectivity index (χ0) is 16.8. The van der Waals surface area contributed by atoms with E-state index < -0.39 is 6.61 Å². The maximum absolute atomic E-state index is 12.3. The number of rotatable bonds is 7. The van der Waals surface area contributed by atoms with Crippen LogP contribution in [0, 0.1) is 0 Å². The van der Waals surface area contributed by atoms with Crippen LogP contribution in [0.15, 0.2) is 35.1 Å². The summed E-state index contributed by atoms with van der Waals surface area (Å²) >= 11 is 3.24. The average molecular weight is 390 g/mol. The molecule has 0 saturated heterocycles. The summed E-state index contributed by atoms with van der Waals surface area (Å²) in [6, 6.07) is 4.20. The summed E-state index contributed by atoms with van der Waals surface area (Å²) in [5.41, 5.74) is 0.409. The van der Waals surface area contributed by atoms with Crippen LogP contribution in [0.3, 0.4) is 0 Å². The molecule has 0 fully saturated rings. The van der Waals surface area contributed by atoms with E-state index in [-0.39, 0.29) is 30.6 Å². The molecular weight excluding hydrogens is 376 g/mol. The second-order valence-electron chi connectivity index (χ2n) is 4.38. The number of hydrogen-bond donors (Lipinski definition) is 1. The van der Waals surface area contributed by atoms with E-state index in [1.54, 1.807) is 19.3 Å².